The smallest absolute Gasteiger partial charge is 0.242 e. The van der Waals surface area contributed by atoms with Gasteiger partial charge in [-0.15, -0.1) is 11.3 Å². The van der Waals surface area contributed by atoms with E-state index in [-0.39, 0.29) is 6.54 Å². The summed E-state index contributed by atoms with van der Waals surface area (Å²) in [7, 11) is -3.46. The molecule has 0 aliphatic heterocycles. The minimum Gasteiger partial charge on any atom is -0.347 e. The van der Waals surface area contributed by atoms with Gasteiger partial charge in [-0.05, 0) is 28.9 Å². The van der Waals surface area contributed by atoms with Gasteiger partial charge in [0.1, 0.15) is 0 Å². The van der Waals surface area contributed by atoms with Gasteiger partial charge in [0, 0.05) is 16.8 Å². The highest BCUT2D eigenvalue weighted by Gasteiger charge is 2.19. The molecule has 0 amide bonds. The Morgan fingerprint density at radius 2 is 2.35 bits per heavy atom. The first-order valence-corrected chi connectivity index (χ1v) is 7.81. The molecule has 0 bridgehead atoms. The molecule has 0 saturated heterocycles. The van der Waals surface area contributed by atoms with Crippen LogP contribution in [0.5, 0.6) is 0 Å². The quantitative estimate of drug-likeness (QED) is 0.897. The molecule has 92 valence electrons. The third kappa shape index (κ3) is 2.95. The van der Waals surface area contributed by atoms with Gasteiger partial charge in [0.05, 0.1) is 21.6 Å². The van der Waals surface area contributed by atoms with Crippen LogP contribution in [0.3, 0.4) is 0 Å². The van der Waals surface area contributed by atoms with Crippen molar-refractivity contribution in [2.45, 2.75) is 18.4 Å². The number of aromatic amines is 1. The minimum atomic E-state index is -3.46. The van der Waals surface area contributed by atoms with Crippen LogP contribution in [0, 0.1) is 6.92 Å². The molecule has 0 spiro atoms. The summed E-state index contributed by atoms with van der Waals surface area (Å²) in [6.45, 7) is 1.98. The number of sulfonamides is 1. The van der Waals surface area contributed by atoms with E-state index in [1.807, 2.05) is 0 Å². The van der Waals surface area contributed by atoms with Crippen molar-refractivity contribution in [1.82, 2.24) is 14.7 Å². The standard InChI is InChI=1S/C9H10BrN3O2S2/c1-6-8(2-9(10)16-6)17(14,15)13-4-7-3-11-5-12-7/h2-3,5,13H,4H2,1H3,(H,11,12). The van der Waals surface area contributed by atoms with Crippen LogP contribution < -0.4 is 4.72 Å². The Bertz CT molecular complexity index is 604. The number of nitrogens with one attached hydrogen (secondary N) is 2. The second kappa shape index (κ2) is 4.89. The van der Waals surface area contributed by atoms with Crippen LogP contribution >= 0.6 is 27.3 Å². The van der Waals surface area contributed by atoms with E-state index in [4.69, 9.17) is 0 Å². The molecular formula is C9H10BrN3O2S2. The number of aromatic nitrogens is 2. The Kier molecular flexibility index (Phi) is 3.67. The Labute approximate surface area is 111 Å². The highest BCUT2D eigenvalue weighted by atomic mass is 79.9. The molecule has 0 aliphatic rings. The van der Waals surface area contributed by atoms with Gasteiger partial charge in [-0.1, -0.05) is 0 Å². The number of imidazole rings is 1. The normalized spacial score (nSPS) is 11.9. The van der Waals surface area contributed by atoms with Crippen molar-refractivity contribution in [3.8, 4) is 0 Å². The zero-order chi connectivity index (χ0) is 12.5. The fourth-order valence-electron chi connectivity index (χ4n) is 1.33. The lowest BCUT2D eigenvalue weighted by Gasteiger charge is -2.04. The summed E-state index contributed by atoms with van der Waals surface area (Å²) in [5, 5.41) is 0. The monoisotopic (exact) mass is 335 g/mol. The molecule has 5 nitrogen and oxygen atoms in total. The van der Waals surface area contributed by atoms with Crippen molar-refractivity contribution in [3.63, 3.8) is 0 Å². The first-order valence-electron chi connectivity index (χ1n) is 4.72. The third-order valence-corrected chi connectivity index (χ3v) is 5.35. The maximum absolute atomic E-state index is 12.0. The van der Waals surface area contributed by atoms with E-state index >= 15 is 0 Å². The molecule has 17 heavy (non-hydrogen) atoms. The zero-order valence-electron chi connectivity index (χ0n) is 8.90. The molecule has 2 aromatic heterocycles. The molecule has 0 aliphatic carbocycles. The lowest BCUT2D eigenvalue weighted by Crippen LogP contribution is -2.23. The molecule has 0 aromatic carbocycles. The summed E-state index contributed by atoms with van der Waals surface area (Å²) in [5.74, 6) is 0. The van der Waals surface area contributed by atoms with Gasteiger partial charge < -0.3 is 4.98 Å². The third-order valence-electron chi connectivity index (χ3n) is 2.14. The topological polar surface area (TPSA) is 74.8 Å². The van der Waals surface area contributed by atoms with Gasteiger partial charge in [0.2, 0.25) is 10.0 Å². The number of H-pyrrole nitrogens is 1. The molecule has 2 rings (SSSR count). The highest BCUT2D eigenvalue weighted by Crippen LogP contribution is 2.29. The van der Waals surface area contributed by atoms with Crippen LogP contribution in [0.15, 0.2) is 27.3 Å². The summed E-state index contributed by atoms with van der Waals surface area (Å²) in [6.07, 6.45) is 3.09. The molecule has 2 aromatic rings. The number of hydrogen-bond donors (Lipinski definition) is 2. The van der Waals surface area contributed by atoms with Crippen LogP contribution in [0.4, 0.5) is 0 Å². The number of thiophene rings is 1. The first kappa shape index (κ1) is 12.7. The second-order valence-corrected chi connectivity index (χ2v) is 7.74. The van der Waals surface area contributed by atoms with Crippen LogP contribution in [0.25, 0.3) is 0 Å². The van der Waals surface area contributed by atoms with Gasteiger partial charge in [0.25, 0.3) is 0 Å². The fourth-order valence-corrected chi connectivity index (χ4v) is 4.75. The van der Waals surface area contributed by atoms with E-state index in [1.54, 1.807) is 19.2 Å². The van der Waals surface area contributed by atoms with Gasteiger partial charge in [0.15, 0.2) is 0 Å². The first-order chi connectivity index (χ1) is 7.99. The van der Waals surface area contributed by atoms with Crippen molar-refractivity contribution in [2.24, 2.45) is 0 Å². The van der Waals surface area contributed by atoms with E-state index < -0.39 is 10.0 Å². The van der Waals surface area contributed by atoms with Crippen LogP contribution in [-0.4, -0.2) is 18.4 Å². The average Bonchev–Trinajstić information content (AvgIpc) is 2.85. The van der Waals surface area contributed by atoms with E-state index in [2.05, 4.69) is 30.6 Å². The van der Waals surface area contributed by atoms with Crippen molar-refractivity contribution in [1.29, 1.82) is 0 Å². The Hall–Kier alpha value is -0.700. The fraction of sp³-hybridized carbons (Fsp3) is 0.222. The maximum atomic E-state index is 12.0. The highest BCUT2D eigenvalue weighted by molar-refractivity contribution is 9.11. The Morgan fingerprint density at radius 1 is 1.59 bits per heavy atom. The van der Waals surface area contributed by atoms with Crippen LogP contribution in [0.2, 0.25) is 0 Å². The molecule has 0 unspecified atom stereocenters. The lowest BCUT2D eigenvalue weighted by molar-refractivity contribution is 0.580. The summed E-state index contributed by atoms with van der Waals surface area (Å²) in [5.41, 5.74) is 0.723. The van der Waals surface area contributed by atoms with Crippen molar-refractivity contribution < 1.29 is 8.42 Å². The van der Waals surface area contributed by atoms with Gasteiger partial charge in [-0.25, -0.2) is 18.1 Å². The van der Waals surface area contributed by atoms with E-state index in [9.17, 15) is 8.42 Å². The molecular weight excluding hydrogens is 326 g/mol. The number of halogens is 1. The van der Waals surface area contributed by atoms with Gasteiger partial charge >= 0.3 is 0 Å². The number of nitrogens with zero attached hydrogens (tertiary/aromatic N) is 1. The SMILES string of the molecule is Cc1sc(Br)cc1S(=O)(=O)NCc1cnc[nH]1. The van der Waals surface area contributed by atoms with Crippen molar-refractivity contribution in [3.05, 3.63) is 32.9 Å². The molecule has 0 saturated carbocycles. The Morgan fingerprint density at radius 3 is 2.88 bits per heavy atom. The zero-order valence-corrected chi connectivity index (χ0v) is 12.1. The van der Waals surface area contributed by atoms with E-state index in [0.717, 1.165) is 14.4 Å². The minimum absolute atomic E-state index is 0.204. The van der Waals surface area contributed by atoms with Gasteiger partial charge in [-0.3, -0.25) is 0 Å². The molecule has 2 heterocycles. The van der Waals surface area contributed by atoms with E-state index in [0.29, 0.717) is 4.90 Å². The molecule has 2 N–H and O–H groups in total. The Balaban J connectivity index is 2.17. The van der Waals surface area contributed by atoms with Crippen LogP contribution in [0.1, 0.15) is 10.6 Å². The summed E-state index contributed by atoms with van der Waals surface area (Å²) < 4.78 is 27.3. The number of aryl methyl sites for hydroxylation is 1. The number of hydrogen-bond acceptors (Lipinski definition) is 4. The van der Waals surface area contributed by atoms with Crippen molar-refractivity contribution in [2.75, 3.05) is 0 Å². The maximum Gasteiger partial charge on any atom is 0.242 e. The summed E-state index contributed by atoms with van der Waals surface area (Å²) >= 11 is 4.67. The average molecular weight is 336 g/mol. The lowest BCUT2D eigenvalue weighted by atomic mass is 10.5. The van der Waals surface area contributed by atoms with E-state index in [1.165, 1.54) is 17.7 Å². The second-order valence-electron chi connectivity index (χ2n) is 3.37. The van der Waals surface area contributed by atoms with Crippen molar-refractivity contribution >= 4 is 37.3 Å². The molecule has 0 fully saturated rings. The van der Waals surface area contributed by atoms with Gasteiger partial charge in [-0.2, -0.15) is 0 Å². The van der Waals surface area contributed by atoms with Crippen LogP contribution in [-0.2, 0) is 16.6 Å². The number of rotatable bonds is 4. The molecule has 8 heteroatoms. The molecule has 0 radical (unpaired) electrons. The molecule has 0 atom stereocenters. The summed E-state index contributed by atoms with van der Waals surface area (Å²) in [6, 6.07) is 1.61. The summed E-state index contributed by atoms with van der Waals surface area (Å²) in [4.78, 5) is 7.73. The predicted octanol–water partition coefficient (Wildman–Crippen LogP) is 2.02. The predicted molar refractivity (Wildman–Crippen MR) is 69.4 cm³/mol. The largest absolute Gasteiger partial charge is 0.347 e.